The maximum atomic E-state index is 15.0. The average Bonchev–Trinajstić information content (AvgIpc) is 3.28. The van der Waals surface area contributed by atoms with Crippen LogP contribution in [-0.4, -0.2) is 68.1 Å². The van der Waals surface area contributed by atoms with Crippen LogP contribution in [-0.2, 0) is 0 Å². The molecule has 5 rings (SSSR count). The molecule has 2 aromatic heterocycles. The minimum atomic E-state index is -0.736. The van der Waals surface area contributed by atoms with Crippen molar-refractivity contribution in [2.75, 3.05) is 43.4 Å². The number of hydrogen-bond acceptors (Lipinski definition) is 6. The second kappa shape index (κ2) is 11.1. The first-order chi connectivity index (χ1) is 19.1. The highest BCUT2D eigenvalue weighted by Gasteiger charge is 2.22. The van der Waals surface area contributed by atoms with Crippen molar-refractivity contribution in [1.29, 1.82) is 0 Å². The Morgan fingerprint density at radius 2 is 1.75 bits per heavy atom. The van der Waals surface area contributed by atoms with Gasteiger partial charge >= 0.3 is 6.03 Å². The Hall–Kier alpha value is -4.19. The summed E-state index contributed by atoms with van der Waals surface area (Å²) in [5.74, 6) is -1.34. The van der Waals surface area contributed by atoms with E-state index in [9.17, 15) is 18.0 Å². The summed E-state index contributed by atoms with van der Waals surface area (Å²) < 4.78 is 46.5. The Morgan fingerprint density at radius 1 is 1.00 bits per heavy atom. The number of aryl methyl sites for hydroxylation is 1. The van der Waals surface area contributed by atoms with E-state index < -0.39 is 17.5 Å². The summed E-state index contributed by atoms with van der Waals surface area (Å²) in [7, 11) is 0. The van der Waals surface area contributed by atoms with Crippen LogP contribution in [0.5, 0.6) is 0 Å². The minimum Gasteiger partial charge on any atom is -0.326 e. The Morgan fingerprint density at radius 3 is 2.42 bits per heavy atom. The topological polar surface area (TPSA) is 91.2 Å². The molecule has 1 aliphatic heterocycles. The van der Waals surface area contributed by atoms with E-state index in [0.29, 0.717) is 30.1 Å². The van der Waals surface area contributed by atoms with Crippen molar-refractivity contribution >= 4 is 34.4 Å². The summed E-state index contributed by atoms with van der Waals surface area (Å²) in [6.45, 7) is 11.4. The summed E-state index contributed by atoms with van der Waals surface area (Å²) in [5.41, 5.74) is 1.17. The van der Waals surface area contributed by atoms with Crippen molar-refractivity contribution in [2.24, 2.45) is 0 Å². The van der Waals surface area contributed by atoms with Crippen molar-refractivity contribution in [3.05, 3.63) is 59.8 Å². The fourth-order valence-corrected chi connectivity index (χ4v) is 4.97. The molecule has 9 nitrogen and oxygen atoms in total. The number of carbonyl (C=O) groups is 1. The van der Waals surface area contributed by atoms with E-state index in [0.717, 1.165) is 25.8 Å². The molecule has 0 saturated carbocycles. The smallest absolute Gasteiger partial charge is 0.322 e. The zero-order chi connectivity index (χ0) is 28.6. The lowest BCUT2D eigenvalue weighted by Crippen LogP contribution is -2.49. The number of rotatable bonds is 6. The highest BCUT2D eigenvalue weighted by atomic mass is 19.1. The van der Waals surface area contributed by atoms with Gasteiger partial charge in [-0.05, 0) is 57.6 Å². The fraction of sp³-hybridized carbons (Fsp3) is 0.357. The van der Waals surface area contributed by atoms with E-state index in [-0.39, 0.29) is 40.5 Å². The molecule has 2 amide bonds. The number of hydrogen-bond donors (Lipinski definition) is 2. The van der Waals surface area contributed by atoms with Crippen molar-refractivity contribution in [3.63, 3.8) is 0 Å². The Balaban J connectivity index is 1.35. The molecule has 1 aliphatic rings. The number of nitrogens with zero attached hydrogens (tertiary/aromatic N) is 6. The molecule has 0 radical (unpaired) electrons. The standard InChI is InChI=1S/C28H31F3N8O/c1-5-37-8-10-38(11-9-37)28(40)35-23-7-6-19(14-20(23)29)34-27-32-15-22(31)25(36-27)18-12-21(30)26-24(13-18)39(16(2)3)17(4)33-26/h6-7,12-16H,5,8-11H2,1-4H3,(H,35,40)(H,32,34,36). The molecule has 4 aromatic rings. The number of benzene rings is 2. The van der Waals surface area contributed by atoms with Crippen molar-refractivity contribution < 1.29 is 18.0 Å². The maximum absolute atomic E-state index is 15.0. The number of amides is 2. The molecule has 1 saturated heterocycles. The lowest BCUT2D eigenvalue weighted by Gasteiger charge is -2.34. The van der Waals surface area contributed by atoms with E-state index in [1.807, 2.05) is 18.4 Å². The number of nitrogens with one attached hydrogen (secondary N) is 2. The first-order valence-electron chi connectivity index (χ1n) is 13.2. The van der Waals surface area contributed by atoms with Crippen LogP contribution in [0.15, 0.2) is 36.5 Å². The first kappa shape index (κ1) is 27.4. The third-order valence-electron chi connectivity index (χ3n) is 7.03. The number of aromatic nitrogens is 4. The average molecular weight is 553 g/mol. The number of urea groups is 1. The van der Waals surface area contributed by atoms with Crippen LogP contribution in [0.4, 0.5) is 35.3 Å². The summed E-state index contributed by atoms with van der Waals surface area (Å²) >= 11 is 0. The Bertz CT molecular complexity index is 1560. The molecule has 0 bridgehead atoms. The van der Waals surface area contributed by atoms with Gasteiger partial charge in [0.05, 0.1) is 17.4 Å². The zero-order valence-electron chi connectivity index (χ0n) is 22.8. The van der Waals surface area contributed by atoms with Gasteiger partial charge in [-0.15, -0.1) is 0 Å². The van der Waals surface area contributed by atoms with E-state index >= 15 is 0 Å². The third-order valence-corrected chi connectivity index (χ3v) is 7.03. The van der Waals surface area contributed by atoms with Crippen molar-refractivity contribution in [1.82, 2.24) is 29.3 Å². The van der Waals surface area contributed by atoms with E-state index in [1.54, 1.807) is 24.0 Å². The molecule has 2 aromatic carbocycles. The molecule has 2 N–H and O–H groups in total. The zero-order valence-corrected chi connectivity index (χ0v) is 22.8. The van der Waals surface area contributed by atoms with Gasteiger partial charge in [-0.3, -0.25) is 0 Å². The van der Waals surface area contributed by atoms with Crippen molar-refractivity contribution in [3.8, 4) is 11.3 Å². The fourth-order valence-electron chi connectivity index (χ4n) is 4.97. The predicted octanol–water partition coefficient (Wildman–Crippen LogP) is 5.71. The second-order valence-corrected chi connectivity index (χ2v) is 10.0. The number of imidazole rings is 1. The molecule has 0 unspecified atom stereocenters. The number of fused-ring (bicyclic) bond motifs is 1. The summed E-state index contributed by atoms with van der Waals surface area (Å²) in [5, 5.41) is 5.47. The summed E-state index contributed by atoms with van der Waals surface area (Å²) in [4.78, 5) is 29.0. The van der Waals surface area contributed by atoms with Gasteiger partial charge in [0.1, 0.15) is 22.9 Å². The first-order valence-corrected chi connectivity index (χ1v) is 13.2. The van der Waals surface area contributed by atoms with Crippen LogP contribution >= 0.6 is 0 Å². The molecule has 3 heterocycles. The molecular formula is C28H31F3N8O. The van der Waals surface area contributed by atoms with Crippen molar-refractivity contribution in [2.45, 2.75) is 33.7 Å². The maximum Gasteiger partial charge on any atom is 0.322 e. The van der Waals surface area contributed by atoms with Crippen LogP contribution < -0.4 is 10.6 Å². The van der Waals surface area contributed by atoms with Crippen LogP contribution in [0.2, 0.25) is 0 Å². The monoisotopic (exact) mass is 552 g/mol. The van der Waals surface area contributed by atoms with E-state index in [4.69, 9.17) is 0 Å². The number of anilines is 3. The molecule has 210 valence electrons. The van der Waals surface area contributed by atoms with Gasteiger partial charge in [-0.1, -0.05) is 6.92 Å². The minimum absolute atomic E-state index is 0.00423. The van der Waals surface area contributed by atoms with Gasteiger partial charge in [-0.25, -0.2) is 32.9 Å². The summed E-state index contributed by atoms with van der Waals surface area (Å²) in [6.07, 6.45) is 0.973. The lowest BCUT2D eigenvalue weighted by atomic mass is 10.1. The highest BCUT2D eigenvalue weighted by Crippen LogP contribution is 2.31. The van der Waals surface area contributed by atoms with Gasteiger partial charge in [-0.2, -0.15) is 0 Å². The number of likely N-dealkylation sites (N-methyl/N-ethyl adjacent to an activating group) is 1. The predicted molar refractivity (Wildman–Crippen MR) is 148 cm³/mol. The van der Waals surface area contributed by atoms with Gasteiger partial charge in [0.2, 0.25) is 5.95 Å². The number of halogens is 3. The number of piperazine rings is 1. The largest absolute Gasteiger partial charge is 0.326 e. The van der Waals surface area contributed by atoms with Gasteiger partial charge in [0.25, 0.3) is 0 Å². The Labute approximate surface area is 230 Å². The molecule has 0 spiro atoms. The molecule has 12 heteroatoms. The molecular weight excluding hydrogens is 521 g/mol. The SMILES string of the molecule is CCN1CCN(C(=O)Nc2ccc(Nc3ncc(F)c(-c4cc(F)c5nc(C)n(C(C)C)c5c4)n3)cc2F)CC1. The molecule has 0 atom stereocenters. The van der Waals surface area contributed by atoms with Gasteiger partial charge in [0, 0.05) is 43.5 Å². The van der Waals surface area contributed by atoms with Crippen LogP contribution in [0.3, 0.4) is 0 Å². The lowest BCUT2D eigenvalue weighted by molar-refractivity contribution is 0.151. The second-order valence-electron chi connectivity index (χ2n) is 10.0. The third kappa shape index (κ3) is 5.44. The van der Waals surface area contributed by atoms with Gasteiger partial charge in [0.15, 0.2) is 11.6 Å². The Kier molecular flexibility index (Phi) is 7.61. The highest BCUT2D eigenvalue weighted by molar-refractivity contribution is 5.90. The van der Waals surface area contributed by atoms with Crippen LogP contribution in [0.1, 0.15) is 32.6 Å². The number of carbonyl (C=O) groups excluding carboxylic acids is 1. The molecule has 0 aliphatic carbocycles. The van der Waals surface area contributed by atoms with Gasteiger partial charge < -0.3 is 25.0 Å². The molecule has 40 heavy (non-hydrogen) atoms. The quantitative estimate of drug-likeness (QED) is 0.318. The van der Waals surface area contributed by atoms with E-state index in [1.165, 1.54) is 18.2 Å². The molecule has 1 fully saturated rings. The van der Waals surface area contributed by atoms with E-state index in [2.05, 4.69) is 37.4 Å². The van der Waals surface area contributed by atoms with Crippen LogP contribution in [0, 0.1) is 24.4 Å². The van der Waals surface area contributed by atoms with Crippen LogP contribution in [0.25, 0.3) is 22.3 Å². The summed E-state index contributed by atoms with van der Waals surface area (Å²) in [6, 6.07) is 6.66. The normalized spacial score (nSPS) is 14.2.